The molecule has 1 saturated heterocycles. The van der Waals surface area contributed by atoms with Crippen molar-refractivity contribution in [1.82, 2.24) is 14.8 Å². The topological polar surface area (TPSA) is 19.4 Å². The smallest absolute Gasteiger partial charge is 0.0436 e. The highest BCUT2D eigenvalue weighted by Gasteiger charge is 2.26. The average Bonchev–Trinajstić information content (AvgIpc) is 2.49. The Bertz CT molecular complexity index is 422. The summed E-state index contributed by atoms with van der Waals surface area (Å²) in [7, 11) is 2.22. The standard InChI is InChI=1S/C15H23N3.C2H6/c1-12-9-13-10-14(3-4-15(13)16-11-12)18-7-5-17(2)6-8-18;1-2/h9,11,14H,3-8,10H2,1-2H3;1-2H3. The lowest BCUT2D eigenvalue weighted by Gasteiger charge is -2.39. The van der Waals surface area contributed by atoms with Gasteiger partial charge in [-0.05, 0) is 44.4 Å². The van der Waals surface area contributed by atoms with E-state index >= 15 is 0 Å². The van der Waals surface area contributed by atoms with Gasteiger partial charge in [0, 0.05) is 44.1 Å². The van der Waals surface area contributed by atoms with Crippen LogP contribution in [0.5, 0.6) is 0 Å². The maximum atomic E-state index is 4.58. The summed E-state index contributed by atoms with van der Waals surface area (Å²) in [6, 6.07) is 3.08. The van der Waals surface area contributed by atoms with Crippen molar-refractivity contribution >= 4 is 0 Å². The molecule has 1 aromatic heterocycles. The molecule has 2 heterocycles. The first kappa shape index (κ1) is 15.5. The number of likely N-dealkylation sites (N-methyl/N-ethyl adjacent to an activating group) is 1. The third-order valence-electron chi connectivity index (χ3n) is 4.42. The lowest BCUT2D eigenvalue weighted by Crippen LogP contribution is -2.50. The first-order valence-corrected chi connectivity index (χ1v) is 8.09. The van der Waals surface area contributed by atoms with Crippen LogP contribution in [0, 0.1) is 6.92 Å². The average molecular weight is 275 g/mol. The van der Waals surface area contributed by atoms with Gasteiger partial charge in [-0.25, -0.2) is 0 Å². The number of nitrogens with zero attached hydrogens (tertiary/aromatic N) is 3. The molecule has 0 aromatic carbocycles. The molecule has 1 atom stereocenters. The van der Waals surface area contributed by atoms with Crippen molar-refractivity contribution in [3.8, 4) is 0 Å². The Labute approximate surface area is 124 Å². The number of fused-ring (bicyclic) bond motifs is 1. The zero-order valence-corrected chi connectivity index (χ0v) is 13.5. The van der Waals surface area contributed by atoms with Crippen molar-refractivity contribution in [2.45, 2.75) is 46.1 Å². The second-order valence-corrected chi connectivity index (χ2v) is 5.85. The summed E-state index contributed by atoms with van der Waals surface area (Å²) < 4.78 is 0. The molecule has 3 nitrogen and oxygen atoms in total. The largest absolute Gasteiger partial charge is 0.304 e. The number of aromatic nitrogens is 1. The Hall–Kier alpha value is -0.930. The summed E-state index contributed by atoms with van der Waals surface area (Å²) in [5, 5.41) is 0. The van der Waals surface area contributed by atoms with Gasteiger partial charge in [-0.2, -0.15) is 0 Å². The van der Waals surface area contributed by atoms with Gasteiger partial charge >= 0.3 is 0 Å². The van der Waals surface area contributed by atoms with Crippen LogP contribution in [0.3, 0.4) is 0 Å². The normalized spacial score (nSPS) is 23.7. The predicted octanol–water partition coefficient (Wildman–Crippen LogP) is 2.52. The summed E-state index contributed by atoms with van der Waals surface area (Å²) in [4.78, 5) is 9.70. The van der Waals surface area contributed by atoms with E-state index in [2.05, 4.69) is 34.8 Å². The second kappa shape index (κ2) is 7.19. The van der Waals surface area contributed by atoms with Gasteiger partial charge in [0.25, 0.3) is 0 Å². The van der Waals surface area contributed by atoms with Crippen LogP contribution in [0.25, 0.3) is 0 Å². The van der Waals surface area contributed by atoms with Gasteiger partial charge in [0.05, 0.1) is 0 Å². The zero-order chi connectivity index (χ0) is 14.5. The molecule has 1 aliphatic carbocycles. The van der Waals surface area contributed by atoms with E-state index < -0.39 is 0 Å². The van der Waals surface area contributed by atoms with Crippen LogP contribution in [0.1, 0.15) is 37.1 Å². The van der Waals surface area contributed by atoms with Crippen LogP contribution in [-0.2, 0) is 12.8 Å². The van der Waals surface area contributed by atoms with E-state index in [1.54, 1.807) is 0 Å². The SMILES string of the molecule is CC.Cc1cnc2c(c1)CC(N1CCN(C)CC1)CC2. The zero-order valence-electron chi connectivity index (χ0n) is 13.5. The molecule has 0 N–H and O–H groups in total. The second-order valence-electron chi connectivity index (χ2n) is 5.85. The van der Waals surface area contributed by atoms with Gasteiger partial charge in [0.1, 0.15) is 0 Å². The third kappa shape index (κ3) is 3.58. The van der Waals surface area contributed by atoms with Crippen LogP contribution in [0.15, 0.2) is 12.3 Å². The Morgan fingerprint density at radius 2 is 1.85 bits per heavy atom. The predicted molar refractivity (Wildman–Crippen MR) is 85.2 cm³/mol. The van der Waals surface area contributed by atoms with Gasteiger partial charge in [-0.15, -0.1) is 0 Å². The molecule has 0 saturated carbocycles. The van der Waals surface area contributed by atoms with Crippen molar-refractivity contribution < 1.29 is 0 Å². The Balaban J connectivity index is 0.000000704. The Morgan fingerprint density at radius 1 is 1.15 bits per heavy atom. The molecule has 2 aliphatic rings. The van der Waals surface area contributed by atoms with E-state index in [4.69, 9.17) is 0 Å². The van der Waals surface area contributed by atoms with Gasteiger partial charge in [0.2, 0.25) is 0 Å². The van der Waals surface area contributed by atoms with E-state index in [0.29, 0.717) is 0 Å². The van der Waals surface area contributed by atoms with Gasteiger partial charge in [0.15, 0.2) is 0 Å². The highest BCUT2D eigenvalue weighted by atomic mass is 15.3. The lowest BCUT2D eigenvalue weighted by molar-refractivity contribution is 0.103. The van der Waals surface area contributed by atoms with Crippen molar-refractivity contribution in [2.75, 3.05) is 33.2 Å². The molecule has 0 spiro atoms. The summed E-state index contributed by atoms with van der Waals surface area (Å²) in [6.45, 7) is 11.0. The van der Waals surface area contributed by atoms with E-state index in [1.165, 1.54) is 55.8 Å². The minimum atomic E-state index is 0.745. The van der Waals surface area contributed by atoms with Crippen LogP contribution in [0.2, 0.25) is 0 Å². The number of piperazine rings is 1. The molecule has 0 bridgehead atoms. The molecule has 1 aliphatic heterocycles. The first-order valence-electron chi connectivity index (χ1n) is 8.09. The summed E-state index contributed by atoms with van der Waals surface area (Å²) in [5.41, 5.74) is 4.13. The molecule has 3 rings (SSSR count). The van der Waals surface area contributed by atoms with Crippen LogP contribution in [0.4, 0.5) is 0 Å². The van der Waals surface area contributed by atoms with Crippen molar-refractivity contribution in [1.29, 1.82) is 0 Å². The molecule has 3 heteroatoms. The van der Waals surface area contributed by atoms with E-state index in [-0.39, 0.29) is 0 Å². The number of rotatable bonds is 1. The fraction of sp³-hybridized carbons (Fsp3) is 0.706. The summed E-state index contributed by atoms with van der Waals surface area (Å²) in [6.07, 6.45) is 5.65. The minimum absolute atomic E-state index is 0.745. The molecule has 1 aromatic rings. The molecule has 0 radical (unpaired) electrons. The molecule has 112 valence electrons. The Morgan fingerprint density at radius 3 is 2.55 bits per heavy atom. The maximum Gasteiger partial charge on any atom is 0.0436 e. The van der Waals surface area contributed by atoms with Crippen molar-refractivity contribution in [2.24, 2.45) is 0 Å². The highest BCUT2D eigenvalue weighted by molar-refractivity contribution is 5.28. The maximum absolute atomic E-state index is 4.58. The van der Waals surface area contributed by atoms with E-state index in [1.807, 2.05) is 20.0 Å². The van der Waals surface area contributed by atoms with Gasteiger partial charge < -0.3 is 4.90 Å². The lowest BCUT2D eigenvalue weighted by atomic mass is 9.90. The quantitative estimate of drug-likeness (QED) is 0.785. The minimum Gasteiger partial charge on any atom is -0.304 e. The third-order valence-corrected chi connectivity index (χ3v) is 4.42. The van der Waals surface area contributed by atoms with Crippen LogP contribution < -0.4 is 0 Å². The van der Waals surface area contributed by atoms with E-state index in [9.17, 15) is 0 Å². The summed E-state index contributed by atoms with van der Waals surface area (Å²) in [5.74, 6) is 0. The van der Waals surface area contributed by atoms with Crippen molar-refractivity contribution in [3.05, 3.63) is 29.1 Å². The number of pyridine rings is 1. The summed E-state index contributed by atoms with van der Waals surface area (Å²) >= 11 is 0. The van der Waals surface area contributed by atoms with Crippen molar-refractivity contribution in [3.63, 3.8) is 0 Å². The molecule has 1 unspecified atom stereocenters. The van der Waals surface area contributed by atoms with Gasteiger partial charge in [-0.1, -0.05) is 19.9 Å². The number of hydrogen-bond donors (Lipinski definition) is 0. The molecule has 0 amide bonds. The fourth-order valence-electron chi connectivity index (χ4n) is 3.22. The highest BCUT2D eigenvalue weighted by Crippen LogP contribution is 2.24. The van der Waals surface area contributed by atoms with Gasteiger partial charge in [-0.3, -0.25) is 9.88 Å². The number of aryl methyl sites for hydroxylation is 2. The monoisotopic (exact) mass is 275 g/mol. The fourth-order valence-corrected chi connectivity index (χ4v) is 3.22. The molecule has 20 heavy (non-hydrogen) atoms. The van der Waals surface area contributed by atoms with Crippen LogP contribution >= 0.6 is 0 Å². The number of hydrogen-bond acceptors (Lipinski definition) is 3. The molecular formula is C17H29N3. The molecular weight excluding hydrogens is 246 g/mol. The molecule has 1 fully saturated rings. The van der Waals surface area contributed by atoms with E-state index in [0.717, 1.165) is 12.5 Å². The first-order chi connectivity index (χ1) is 9.72. The Kier molecular flexibility index (Phi) is 5.55. The van der Waals surface area contributed by atoms with Crippen LogP contribution in [-0.4, -0.2) is 54.1 Å².